The lowest BCUT2D eigenvalue weighted by Gasteiger charge is -2.05. The number of amides is 1. The molecular weight excluding hydrogens is 324 g/mol. The van der Waals surface area contributed by atoms with E-state index in [9.17, 15) is 4.79 Å². The predicted octanol–water partition coefficient (Wildman–Crippen LogP) is 2.93. The van der Waals surface area contributed by atoms with E-state index in [0.29, 0.717) is 16.8 Å². The first-order valence-corrected chi connectivity index (χ1v) is 7.71. The average Bonchev–Trinajstić information content (AvgIpc) is 3.07. The number of carbonyl (C=O) groups is 1. The number of anilines is 1. The van der Waals surface area contributed by atoms with Crippen LogP contribution in [0, 0.1) is 0 Å². The summed E-state index contributed by atoms with van der Waals surface area (Å²) in [6, 6.07) is 7.50. The Morgan fingerprint density at radius 2 is 2.27 bits per heavy atom. The summed E-state index contributed by atoms with van der Waals surface area (Å²) in [5.41, 5.74) is 0.955. The molecule has 1 aromatic carbocycles. The zero-order chi connectivity index (χ0) is 15.5. The molecule has 2 heterocycles. The molecule has 0 saturated carbocycles. The van der Waals surface area contributed by atoms with Crippen LogP contribution < -0.4 is 5.32 Å². The van der Waals surface area contributed by atoms with Crippen LogP contribution in [0.3, 0.4) is 0 Å². The molecule has 0 spiro atoms. The van der Waals surface area contributed by atoms with Gasteiger partial charge in [-0.2, -0.15) is 0 Å². The van der Waals surface area contributed by atoms with Gasteiger partial charge in [0.15, 0.2) is 0 Å². The van der Waals surface area contributed by atoms with Gasteiger partial charge in [0.05, 0.1) is 0 Å². The van der Waals surface area contributed by atoms with Crippen molar-refractivity contribution in [2.75, 3.05) is 12.4 Å². The van der Waals surface area contributed by atoms with E-state index in [-0.39, 0.29) is 12.5 Å². The molecule has 6 nitrogen and oxygen atoms in total. The standard InChI is InChI=1S/C14H13ClN4O2S/c1-21-8-13-17-18-14(22-13)16-12(20)7-19-5-4-9-6-10(15)2-3-11(9)19/h2-6H,7-8H2,1H3,(H,16,18,20). The topological polar surface area (TPSA) is 69.0 Å². The fourth-order valence-electron chi connectivity index (χ4n) is 2.11. The van der Waals surface area contributed by atoms with E-state index in [1.165, 1.54) is 11.3 Å². The number of aromatic nitrogens is 3. The van der Waals surface area contributed by atoms with Gasteiger partial charge >= 0.3 is 0 Å². The van der Waals surface area contributed by atoms with Crippen molar-refractivity contribution >= 4 is 44.9 Å². The fourth-order valence-corrected chi connectivity index (χ4v) is 3.02. The summed E-state index contributed by atoms with van der Waals surface area (Å²) < 4.78 is 6.83. The molecule has 2 aromatic heterocycles. The van der Waals surface area contributed by atoms with Gasteiger partial charge in [-0.3, -0.25) is 10.1 Å². The molecule has 3 rings (SSSR count). The van der Waals surface area contributed by atoms with Gasteiger partial charge in [-0.05, 0) is 24.3 Å². The summed E-state index contributed by atoms with van der Waals surface area (Å²) in [5.74, 6) is -0.160. The van der Waals surface area contributed by atoms with Crippen LogP contribution in [0.25, 0.3) is 10.9 Å². The third-order valence-corrected chi connectivity index (χ3v) is 4.08. The maximum absolute atomic E-state index is 12.1. The van der Waals surface area contributed by atoms with Gasteiger partial charge in [0.1, 0.15) is 18.2 Å². The third kappa shape index (κ3) is 3.27. The Hall–Kier alpha value is -1.96. The third-order valence-electron chi connectivity index (χ3n) is 3.03. The molecule has 0 aliphatic heterocycles. The summed E-state index contributed by atoms with van der Waals surface area (Å²) in [6.07, 6.45) is 1.86. The maximum atomic E-state index is 12.1. The lowest BCUT2D eigenvalue weighted by atomic mass is 10.2. The number of carbonyl (C=O) groups excluding carboxylic acids is 1. The van der Waals surface area contributed by atoms with Gasteiger partial charge in [0.2, 0.25) is 11.0 Å². The largest absolute Gasteiger partial charge is 0.377 e. The predicted molar refractivity (Wildman–Crippen MR) is 86.2 cm³/mol. The van der Waals surface area contributed by atoms with Crippen LogP contribution in [-0.4, -0.2) is 27.8 Å². The lowest BCUT2D eigenvalue weighted by Crippen LogP contribution is -2.18. The number of halogens is 1. The normalized spacial score (nSPS) is 11.0. The zero-order valence-corrected chi connectivity index (χ0v) is 13.3. The highest BCUT2D eigenvalue weighted by atomic mass is 35.5. The summed E-state index contributed by atoms with van der Waals surface area (Å²) in [6.45, 7) is 0.584. The average molecular weight is 337 g/mol. The first-order valence-electron chi connectivity index (χ1n) is 6.51. The Kier molecular flexibility index (Phi) is 4.37. The highest BCUT2D eigenvalue weighted by Crippen LogP contribution is 2.21. The van der Waals surface area contributed by atoms with E-state index in [1.54, 1.807) is 13.2 Å². The molecule has 0 unspecified atom stereocenters. The molecule has 0 bridgehead atoms. The Morgan fingerprint density at radius 1 is 1.41 bits per heavy atom. The smallest absolute Gasteiger partial charge is 0.246 e. The van der Waals surface area contributed by atoms with Crippen molar-refractivity contribution in [2.45, 2.75) is 13.2 Å². The molecule has 1 N–H and O–H groups in total. The number of hydrogen-bond donors (Lipinski definition) is 1. The Morgan fingerprint density at radius 3 is 3.09 bits per heavy atom. The monoisotopic (exact) mass is 336 g/mol. The van der Waals surface area contributed by atoms with E-state index in [4.69, 9.17) is 16.3 Å². The first kappa shape index (κ1) is 15.0. The molecule has 0 aliphatic carbocycles. The number of methoxy groups -OCH3 is 1. The summed E-state index contributed by atoms with van der Waals surface area (Å²) in [4.78, 5) is 12.1. The maximum Gasteiger partial charge on any atom is 0.246 e. The minimum absolute atomic E-state index is 0.160. The van der Waals surface area contributed by atoms with E-state index >= 15 is 0 Å². The SMILES string of the molecule is COCc1nnc(NC(=O)Cn2ccc3cc(Cl)ccc32)s1. The molecule has 114 valence electrons. The van der Waals surface area contributed by atoms with Crippen LogP contribution in [0.5, 0.6) is 0 Å². The van der Waals surface area contributed by atoms with E-state index < -0.39 is 0 Å². The van der Waals surface area contributed by atoms with E-state index in [0.717, 1.165) is 15.9 Å². The van der Waals surface area contributed by atoms with Crippen LogP contribution in [0.1, 0.15) is 5.01 Å². The number of hydrogen-bond acceptors (Lipinski definition) is 5. The number of rotatable bonds is 5. The summed E-state index contributed by atoms with van der Waals surface area (Å²) in [5, 5.41) is 13.4. The lowest BCUT2D eigenvalue weighted by molar-refractivity contribution is -0.116. The minimum atomic E-state index is -0.160. The van der Waals surface area contributed by atoms with Gasteiger partial charge in [0.25, 0.3) is 0 Å². The van der Waals surface area contributed by atoms with Crippen LogP contribution >= 0.6 is 22.9 Å². The molecule has 8 heteroatoms. The number of benzene rings is 1. The van der Waals surface area contributed by atoms with Gasteiger partial charge in [-0.1, -0.05) is 22.9 Å². The summed E-state index contributed by atoms with van der Waals surface area (Å²) >= 11 is 7.25. The Balaban J connectivity index is 1.70. The molecule has 0 radical (unpaired) electrons. The highest BCUT2D eigenvalue weighted by molar-refractivity contribution is 7.15. The number of nitrogens with zero attached hydrogens (tertiary/aromatic N) is 3. The molecule has 0 atom stereocenters. The molecule has 0 aliphatic rings. The second kappa shape index (κ2) is 6.43. The van der Waals surface area contributed by atoms with Crippen molar-refractivity contribution in [3.05, 3.63) is 40.5 Å². The minimum Gasteiger partial charge on any atom is -0.377 e. The second-order valence-corrected chi connectivity index (χ2v) is 6.13. The van der Waals surface area contributed by atoms with Crippen LogP contribution in [-0.2, 0) is 22.7 Å². The van der Waals surface area contributed by atoms with Crippen molar-refractivity contribution in [1.29, 1.82) is 0 Å². The van der Waals surface area contributed by atoms with Crippen molar-refractivity contribution < 1.29 is 9.53 Å². The Labute approximate surface area is 135 Å². The van der Waals surface area contributed by atoms with Crippen LogP contribution in [0.15, 0.2) is 30.5 Å². The number of nitrogens with one attached hydrogen (secondary N) is 1. The zero-order valence-electron chi connectivity index (χ0n) is 11.7. The summed E-state index contributed by atoms with van der Waals surface area (Å²) in [7, 11) is 1.59. The molecule has 0 fully saturated rings. The van der Waals surface area contributed by atoms with Gasteiger partial charge < -0.3 is 9.30 Å². The molecule has 0 saturated heterocycles. The van der Waals surface area contributed by atoms with Crippen molar-refractivity contribution in [2.24, 2.45) is 0 Å². The number of fused-ring (bicyclic) bond motifs is 1. The second-order valence-electron chi connectivity index (χ2n) is 4.63. The highest BCUT2D eigenvalue weighted by Gasteiger charge is 2.10. The van der Waals surface area contributed by atoms with E-state index in [1.807, 2.05) is 29.0 Å². The van der Waals surface area contributed by atoms with Gasteiger partial charge in [-0.25, -0.2) is 0 Å². The fraction of sp³-hybridized carbons (Fsp3) is 0.214. The van der Waals surface area contributed by atoms with Crippen LogP contribution in [0.4, 0.5) is 5.13 Å². The first-order chi connectivity index (χ1) is 10.7. The van der Waals surface area contributed by atoms with Crippen molar-refractivity contribution in [3.63, 3.8) is 0 Å². The Bertz CT molecular complexity index is 814. The van der Waals surface area contributed by atoms with Crippen LogP contribution in [0.2, 0.25) is 5.02 Å². The van der Waals surface area contributed by atoms with Crippen molar-refractivity contribution in [3.8, 4) is 0 Å². The number of ether oxygens (including phenoxy) is 1. The molecule has 22 heavy (non-hydrogen) atoms. The molecule has 3 aromatic rings. The molecule has 1 amide bonds. The quantitative estimate of drug-likeness (QED) is 0.777. The van der Waals surface area contributed by atoms with Gasteiger partial charge in [0, 0.05) is 29.2 Å². The molecular formula is C14H13ClN4O2S. The van der Waals surface area contributed by atoms with Crippen molar-refractivity contribution in [1.82, 2.24) is 14.8 Å². The van der Waals surface area contributed by atoms with E-state index in [2.05, 4.69) is 15.5 Å². The van der Waals surface area contributed by atoms with Gasteiger partial charge in [-0.15, -0.1) is 10.2 Å².